The van der Waals surface area contributed by atoms with Gasteiger partial charge in [-0.3, -0.25) is 9.89 Å². The Morgan fingerprint density at radius 1 is 1.41 bits per heavy atom. The summed E-state index contributed by atoms with van der Waals surface area (Å²) in [6.45, 7) is 4.88. The predicted molar refractivity (Wildman–Crippen MR) is 80.6 cm³/mol. The SMILES string of the molecule is CN(C(=O)OC(C)(C)C)C1=N[C@@H]2[C@@H](O)[C@H](O)[C@@H](CO)O[C@@H]2S1. The largest absolute Gasteiger partial charge is 0.443 e. The minimum atomic E-state index is -1.22. The zero-order chi connectivity index (χ0) is 16.7. The smallest absolute Gasteiger partial charge is 0.416 e. The van der Waals surface area contributed by atoms with Crippen molar-refractivity contribution in [2.75, 3.05) is 13.7 Å². The highest BCUT2D eigenvalue weighted by atomic mass is 32.2. The molecule has 2 aliphatic rings. The number of carbonyl (C=O) groups is 1. The molecule has 1 amide bonds. The molecular weight excluding hydrogens is 312 g/mol. The number of aliphatic hydroxyl groups is 3. The fourth-order valence-electron chi connectivity index (χ4n) is 2.14. The highest BCUT2D eigenvalue weighted by molar-refractivity contribution is 8.14. The van der Waals surface area contributed by atoms with Gasteiger partial charge in [0.25, 0.3) is 0 Å². The summed E-state index contributed by atoms with van der Waals surface area (Å²) in [4.78, 5) is 17.5. The molecule has 1 saturated heterocycles. The Hall–Kier alpha value is -0.870. The van der Waals surface area contributed by atoms with E-state index in [1.165, 1.54) is 11.9 Å². The molecule has 0 aromatic carbocycles. The Morgan fingerprint density at radius 3 is 2.59 bits per heavy atom. The number of thioether (sulfide) groups is 1. The van der Waals surface area contributed by atoms with Gasteiger partial charge >= 0.3 is 6.09 Å². The fourth-order valence-corrected chi connectivity index (χ4v) is 3.32. The number of hydrogen-bond donors (Lipinski definition) is 3. The van der Waals surface area contributed by atoms with Gasteiger partial charge in [0.1, 0.15) is 35.4 Å². The van der Waals surface area contributed by atoms with Crippen LogP contribution in [0.2, 0.25) is 0 Å². The zero-order valence-corrected chi connectivity index (χ0v) is 13.8. The average Bonchev–Trinajstić information content (AvgIpc) is 2.84. The molecule has 1 fully saturated rings. The van der Waals surface area contributed by atoms with Gasteiger partial charge in [-0.25, -0.2) is 4.79 Å². The molecular formula is C13H22N2O6S. The lowest BCUT2D eigenvalue weighted by atomic mass is 9.99. The van der Waals surface area contributed by atoms with Crippen molar-refractivity contribution < 1.29 is 29.6 Å². The molecule has 5 atom stereocenters. The predicted octanol–water partition coefficient (Wildman–Crippen LogP) is -0.236. The molecule has 0 aromatic rings. The van der Waals surface area contributed by atoms with Gasteiger partial charge in [0.05, 0.1) is 6.61 Å². The summed E-state index contributed by atoms with van der Waals surface area (Å²) in [5, 5.41) is 29.4. The number of hydrogen-bond acceptors (Lipinski definition) is 8. The van der Waals surface area contributed by atoms with Gasteiger partial charge < -0.3 is 24.8 Å². The molecule has 2 heterocycles. The second-order valence-corrected chi connectivity index (χ2v) is 7.33. The summed E-state index contributed by atoms with van der Waals surface area (Å²) in [5.41, 5.74) is -1.19. The van der Waals surface area contributed by atoms with Crippen LogP contribution < -0.4 is 0 Å². The minimum Gasteiger partial charge on any atom is -0.443 e. The Balaban J connectivity index is 2.08. The average molecular weight is 334 g/mol. The number of carbonyl (C=O) groups excluding carboxylic acids is 1. The maximum absolute atomic E-state index is 12.0. The van der Waals surface area contributed by atoms with E-state index in [-0.39, 0.29) is 0 Å². The molecule has 0 saturated carbocycles. The van der Waals surface area contributed by atoms with Crippen molar-refractivity contribution >= 4 is 23.0 Å². The summed E-state index contributed by atoms with van der Waals surface area (Å²) >= 11 is 1.15. The number of rotatable bonds is 1. The highest BCUT2D eigenvalue weighted by Gasteiger charge is 2.49. The van der Waals surface area contributed by atoms with Crippen LogP contribution in [0.15, 0.2) is 4.99 Å². The molecule has 3 N–H and O–H groups in total. The number of ether oxygens (including phenoxy) is 2. The highest BCUT2D eigenvalue weighted by Crippen LogP contribution is 2.37. The molecule has 0 aromatic heterocycles. The fraction of sp³-hybridized carbons (Fsp3) is 0.846. The standard InChI is InChI=1S/C13H22N2O6S/c1-13(2,3)21-12(19)15(4)11-14-7-9(18)8(17)6(5-16)20-10(7)22-11/h6-10,16-18H,5H2,1-4H3/t6-,7-,8-,9-,10-/m1/s1. The summed E-state index contributed by atoms with van der Waals surface area (Å²) in [5.74, 6) is 0. The van der Waals surface area contributed by atoms with E-state index in [4.69, 9.17) is 14.6 Å². The van der Waals surface area contributed by atoms with Crippen molar-refractivity contribution in [3.05, 3.63) is 0 Å². The third-order valence-electron chi connectivity index (χ3n) is 3.28. The van der Waals surface area contributed by atoms with E-state index in [1.807, 2.05) is 0 Å². The molecule has 2 rings (SSSR count). The maximum Gasteiger partial charge on any atom is 0.416 e. The van der Waals surface area contributed by atoms with E-state index in [2.05, 4.69) is 4.99 Å². The summed E-state index contributed by atoms with van der Waals surface area (Å²) in [7, 11) is 1.52. The number of aliphatic hydroxyl groups excluding tert-OH is 3. The Morgan fingerprint density at radius 2 is 2.05 bits per heavy atom. The van der Waals surface area contributed by atoms with E-state index in [0.717, 1.165) is 11.8 Å². The molecule has 0 unspecified atom stereocenters. The van der Waals surface area contributed by atoms with Crippen LogP contribution in [0.5, 0.6) is 0 Å². The second-order valence-electron chi connectivity index (χ2n) is 6.27. The molecule has 9 heteroatoms. The number of aliphatic imine (C=N–C) groups is 1. The Kier molecular flexibility index (Phi) is 5.03. The molecule has 0 aliphatic carbocycles. The third-order valence-corrected chi connectivity index (χ3v) is 4.50. The first-order valence-electron chi connectivity index (χ1n) is 6.97. The molecule has 22 heavy (non-hydrogen) atoms. The first-order chi connectivity index (χ1) is 10.1. The van der Waals surface area contributed by atoms with Gasteiger partial charge in [0.2, 0.25) is 0 Å². The second kappa shape index (κ2) is 6.32. The molecule has 0 spiro atoms. The monoisotopic (exact) mass is 334 g/mol. The number of nitrogens with zero attached hydrogens (tertiary/aromatic N) is 2. The van der Waals surface area contributed by atoms with Crippen LogP contribution in [0.3, 0.4) is 0 Å². The Bertz CT molecular complexity index is 466. The number of amides is 1. The quantitative estimate of drug-likeness (QED) is 0.607. The summed E-state index contributed by atoms with van der Waals surface area (Å²) in [6.07, 6.45) is -3.81. The van der Waals surface area contributed by atoms with Crippen LogP contribution in [-0.4, -0.2) is 80.5 Å². The first-order valence-corrected chi connectivity index (χ1v) is 7.85. The lowest BCUT2D eigenvalue weighted by Crippen LogP contribution is -2.55. The maximum atomic E-state index is 12.0. The summed E-state index contributed by atoms with van der Waals surface area (Å²) in [6, 6.07) is -0.692. The molecule has 0 radical (unpaired) electrons. The molecule has 2 aliphatic heterocycles. The van der Waals surface area contributed by atoms with Gasteiger partial charge in [0.15, 0.2) is 5.17 Å². The van der Waals surface area contributed by atoms with Gasteiger partial charge in [-0.1, -0.05) is 11.8 Å². The van der Waals surface area contributed by atoms with Crippen LogP contribution in [0.4, 0.5) is 4.79 Å². The van der Waals surface area contributed by atoms with Crippen molar-refractivity contribution in [3.63, 3.8) is 0 Å². The lowest BCUT2D eigenvalue weighted by molar-refractivity contribution is -0.164. The van der Waals surface area contributed by atoms with Crippen LogP contribution >= 0.6 is 11.8 Å². The van der Waals surface area contributed by atoms with Crippen molar-refractivity contribution in [2.24, 2.45) is 4.99 Å². The van der Waals surface area contributed by atoms with Crippen molar-refractivity contribution in [1.29, 1.82) is 0 Å². The topological polar surface area (TPSA) is 112 Å². The lowest BCUT2D eigenvalue weighted by Gasteiger charge is -2.37. The minimum absolute atomic E-state index is 0.342. The third kappa shape index (κ3) is 3.54. The van der Waals surface area contributed by atoms with Gasteiger partial charge in [-0.15, -0.1) is 0 Å². The van der Waals surface area contributed by atoms with Crippen molar-refractivity contribution in [1.82, 2.24) is 4.90 Å². The van der Waals surface area contributed by atoms with Crippen LogP contribution in [0.1, 0.15) is 20.8 Å². The van der Waals surface area contributed by atoms with E-state index in [1.54, 1.807) is 20.8 Å². The number of fused-ring (bicyclic) bond motifs is 1. The van der Waals surface area contributed by atoms with Gasteiger partial charge in [-0.05, 0) is 20.8 Å². The Labute approximate surface area is 133 Å². The van der Waals surface area contributed by atoms with E-state index >= 15 is 0 Å². The molecule has 0 bridgehead atoms. The van der Waals surface area contributed by atoms with E-state index in [9.17, 15) is 15.0 Å². The number of amidine groups is 1. The van der Waals surface area contributed by atoms with Crippen molar-refractivity contribution in [2.45, 2.75) is 56.2 Å². The summed E-state index contributed by atoms with van der Waals surface area (Å²) < 4.78 is 10.8. The first kappa shape index (κ1) is 17.5. The zero-order valence-electron chi connectivity index (χ0n) is 13.0. The van der Waals surface area contributed by atoms with Crippen molar-refractivity contribution in [3.8, 4) is 0 Å². The van der Waals surface area contributed by atoms with E-state index < -0.39 is 48.1 Å². The van der Waals surface area contributed by atoms with Crippen LogP contribution in [0, 0.1) is 0 Å². The molecule has 8 nitrogen and oxygen atoms in total. The van der Waals surface area contributed by atoms with Crippen LogP contribution in [0.25, 0.3) is 0 Å². The van der Waals surface area contributed by atoms with Gasteiger partial charge in [-0.2, -0.15) is 0 Å². The van der Waals surface area contributed by atoms with Crippen LogP contribution in [-0.2, 0) is 9.47 Å². The van der Waals surface area contributed by atoms with E-state index in [0.29, 0.717) is 5.17 Å². The normalized spacial score (nSPS) is 34.9. The molecule has 126 valence electrons. The van der Waals surface area contributed by atoms with Gasteiger partial charge in [0, 0.05) is 7.05 Å².